The van der Waals surface area contributed by atoms with Crippen molar-refractivity contribution in [3.63, 3.8) is 0 Å². The van der Waals surface area contributed by atoms with Gasteiger partial charge in [-0.2, -0.15) is 0 Å². The van der Waals surface area contributed by atoms with Crippen LogP contribution < -0.4 is 0 Å². The van der Waals surface area contributed by atoms with E-state index in [0.29, 0.717) is 6.54 Å². The smallest absolute Gasteiger partial charge is 0.00917 e. The lowest BCUT2D eigenvalue weighted by Gasteiger charge is -2.23. The minimum absolute atomic E-state index is 0.280. The molecule has 0 unspecified atom stereocenters. The van der Waals surface area contributed by atoms with Gasteiger partial charge in [0.1, 0.15) is 0 Å². The first-order valence-corrected chi connectivity index (χ1v) is 3.02. The highest BCUT2D eigenvalue weighted by atomic mass is 16.5. The van der Waals surface area contributed by atoms with Crippen molar-refractivity contribution in [2.24, 2.45) is 5.41 Å². The van der Waals surface area contributed by atoms with Crippen LogP contribution in [0.4, 0.5) is 0 Å². The van der Waals surface area contributed by atoms with Crippen molar-refractivity contribution < 1.29 is 0 Å². The summed E-state index contributed by atoms with van der Waals surface area (Å²) in [4.78, 5) is 0. The van der Waals surface area contributed by atoms with E-state index in [1.54, 1.807) is 0 Å². The number of rotatable bonds is 0. The summed E-state index contributed by atoms with van der Waals surface area (Å²) >= 11 is 0. The third-order valence-electron chi connectivity index (χ3n) is 1.64. The van der Waals surface area contributed by atoms with Crippen LogP contribution in [0.1, 0.15) is 20.3 Å². The predicted molar refractivity (Wildman–Crippen MR) is 33.3 cm³/mol. The molecule has 2 heteroatoms. The zero-order valence-electron chi connectivity index (χ0n) is 5.48. The summed E-state index contributed by atoms with van der Waals surface area (Å²) in [7, 11) is 0. The van der Waals surface area contributed by atoms with E-state index in [2.05, 4.69) is 13.8 Å². The normalized spacial score (nSPS) is 28.9. The van der Waals surface area contributed by atoms with Gasteiger partial charge in [0.15, 0.2) is 0 Å². The molecule has 0 aromatic rings. The number of hydrogen-bond acceptors (Lipinski definition) is 2. The Hall–Kier alpha value is -0.0800. The standard InChI is InChI=1S/C6H12NO/c1-6(2)3-4-7(8)5-6/h3-5H2,1-2H3/q-1. The second-order valence-corrected chi connectivity index (χ2v) is 3.28. The SMILES string of the molecule is CC1(C)CCN([O-])C1. The molecule has 0 N–H and O–H groups in total. The number of nitrogens with zero attached hydrogens (tertiary/aromatic N) is 1. The maximum absolute atomic E-state index is 10.6. The molecule has 0 spiro atoms. The van der Waals surface area contributed by atoms with Crippen LogP contribution in [0.25, 0.3) is 0 Å². The minimum atomic E-state index is 0.280. The Balaban J connectivity index is 2.44. The van der Waals surface area contributed by atoms with Crippen LogP contribution >= 0.6 is 0 Å². The van der Waals surface area contributed by atoms with Gasteiger partial charge in [-0.25, -0.2) is 0 Å². The van der Waals surface area contributed by atoms with E-state index in [0.717, 1.165) is 18.0 Å². The van der Waals surface area contributed by atoms with Crippen LogP contribution in [0.15, 0.2) is 0 Å². The van der Waals surface area contributed by atoms with E-state index >= 15 is 0 Å². The summed E-state index contributed by atoms with van der Waals surface area (Å²) in [5.74, 6) is 0. The molecule has 0 atom stereocenters. The molecule has 2 nitrogen and oxygen atoms in total. The third-order valence-corrected chi connectivity index (χ3v) is 1.64. The van der Waals surface area contributed by atoms with Gasteiger partial charge in [-0.1, -0.05) is 13.8 Å². The Labute approximate surface area is 50.1 Å². The van der Waals surface area contributed by atoms with Gasteiger partial charge in [-0.15, -0.1) is 0 Å². The highest BCUT2D eigenvalue weighted by Gasteiger charge is 2.23. The first kappa shape index (κ1) is 6.05. The van der Waals surface area contributed by atoms with E-state index in [4.69, 9.17) is 0 Å². The van der Waals surface area contributed by atoms with Gasteiger partial charge in [0.2, 0.25) is 0 Å². The maximum Gasteiger partial charge on any atom is -0.00917 e. The van der Waals surface area contributed by atoms with E-state index in [1.165, 1.54) is 0 Å². The Morgan fingerprint density at radius 1 is 1.50 bits per heavy atom. The highest BCUT2D eigenvalue weighted by Crippen LogP contribution is 2.27. The van der Waals surface area contributed by atoms with Gasteiger partial charge in [0.05, 0.1) is 0 Å². The van der Waals surface area contributed by atoms with Crippen LogP contribution in [0.3, 0.4) is 0 Å². The van der Waals surface area contributed by atoms with Gasteiger partial charge >= 0.3 is 0 Å². The van der Waals surface area contributed by atoms with E-state index < -0.39 is 0 Å². The second-order valence-electron chi connectivity index (χ2n) is 3.28. The Morgan fingerprint density at radius 3 is 2.25 bits per heavy atom. The fourth-order valence-corrected chi connectivity index (χ4v) is 1.06. The molecule has 1 aliphatic rings. The average molecular weight is 114 g/mol. The summed E-state index contributed by atoms with van der Waals surface area (Å²) in [5.41, 5.74) is 0.280. The molecule has 1 heterocycles. The molecular weight excluding hydrogens is 102 g/mol. The number of hydroxylamine groups is 2. The molecule has 48 valence electrons. The van der Waals surface area contributed by atoms with Crippen LogP contribution in [-0.2, 0) is 0 Å². The molecule has 0 radical (unpaired) electrons. The zero-order valence-corrected chi connectivity index (χ0v) is 5.48. The minimum Gasteiger partial charge on any atom is -0.785 e. The van der Waals surface area contributed by atoms with Crippen molar-refractivity contribution in [1.82, 2.24) is 5.06 Å². The van der Waals surface area contributed by atoms with E-state index in [1.807, 2.05) is 0 Å². The molecule has 1 rings (SSSR count). The lowest BCUT2D eigenvalue weighted by Crippen LogP contribution is -2.16. The molecule has 0 aromatic heterocycles. The molecule has 0 aliphatic carbocycles. The Bertz CT molecular complexity index is 90.5. The molecule has 1 fully saturated rings. The fraction of sp³-hybridized carbons (Fsp3) is 1.00. The Kier molecular flexibility index (Phi) is 1.29. The zero-order chi connectivity index (χ0) is 6.20. The lowest BCUT2D eigenvalue weighted by atomic mass is 9.93. The lowest BCUT2D eigenvalue weighted by molar-refractivity contribution is 0.359. The van der Waals surface area contributed by atoms with Gasteiger partial charge < -0.3 is 10.3 Å². The molecule has 1 aliphatic heterocycles. The summed E-state index contributed by atoms with van der Waals surface area (Å²) in [6.07, 6.45) is 1.05. The van der Waals surface area contributed by atoms with Crippen molar-refractivity contribution in [2.75, 3.05) is 13.1 Å². The topological polar surface area (TPSA) is 26.3 Å². The van der Waals surface area contributed by atoms with E-state index in [9.17, 15) is 5.21 Å². The summed E-state index contributed by atoms with van der Waals surface area (Å²) in [5, 5.41) is 11.7. The van der Waals surface area contributed by atoms with E-state index in [-0.39, 0.29) is 5.41 Å². The molecule has 0 saturated carbocycles. The average Bonchev–Trinajstić information content (AvgIpc) is 1.82. The molecule has 1 saturated heterocycles. The van der Waals surface area contributed by atoms with Crippen molar-refractivity contribution in [3.8, 4) is 0 Å². The van der Waals surface area contributed by atoms with Gasteiger partial charge in [0.25, 0.3) is 0 Å². The molecule has 8 heavy (non-hydrogen) atoms. The van der Waals surface area contributed by atoms with Crippen LogP contribution in [0.5, 0.6) is 0 Å². The molecule has 0 bridgehead atoms. The Morgan fingerprint density at radius 2 is 2.12 bits per heavy atom. The number of hydrogen-bond donors (Lipinski definition) is 0. The van der Waals surface area contributed by atoms with Crippen molar-refractivity contribution in [3.05, 3.63) is 5.21 Å². The first-order valence-electron chi connectivity index (χ1n) is 3.02. The fourth-order valence-electron chi connectivity index (χ4n) is 1.06. The third kappa shape index (κ3) is 1.20. The maximum atomic E-state index is 10.6. The van der Waals surface area contributed by atoms with Gasteiger partial charge in [0, 0.05) is 0 Å². The molecular formula is C6H12NO-. The monoisotopic (exact) mass is 114 g/mol. The van der Waals surface area contributed by atoms with Crippen LogP contribution in [0.2, 0.25) is 0 Å². The largest absolute Gasteiger partial charge is 0.785 e. The summed E-state index contributed by atoms with van der Waals surface area (Å²) in [6.45, 7) is 5.70. The van der Waals surface area contributed by atoms with Crippen molar-refractivity contribution >= 4 is 0 Å². The van der Waals surface area contributed by atoms with Gasteiger partial charge in [-0.3, -0.25) is 0 Å². The van der Waals surface area contributed by atoms with Crippen molar-refractivity contribution in [1.29, 1.82) is 0 Å². The highest BCUT2D eigenvalue weighted by molar-refractivity contribution is 4.82. The van der Waals surface area contributed by atoms with Crippen LogP contribution in [0, 0.1) is 10.6 Å². The van der Waals surface area contributed by atoms with Crippen molar-refractivity contribution in [2.45, 2.75) is 20.3 Å². The molecule has 0 aromatic carbocycles. The van der Waals surface area contributed by atoms with Crippen LogP contribution in [-0.4, -0.2) is 18.2 Å². The first-order chi connectivity index (χ1) is 3.60. The quantitative estimate of drug-likeness (QED) is 0.473. The second kappa shape index (κ2) is 1.71. The predicted octanol–water partition coefficient (Wildman–Crippen LogP) is 1.22. The summed E-state index contributed by atoms with van der Waals surface area (Å²) < 4.78 is 0. The molecule has 0 amide bonds. The van der Waals surface area contributed by atoms with Gasteiger partial charge in [-0.05, 0) is 24.9 Å². The summed E-state index contributed by atoms with van der Waals surface area (Å²) in [6, 6.07) is 0.